The minimum absolute atomic E-state index is 0.628. The molecule has 222 valence electrons. The van der Waals surface area contributed by atoms with Crippen LogP contribution in [0, 0.1) is 0 Å². The summed E-state index contributed by atoms with van der Waals surface area (Å²) in [7, 11) is 0. The maximum atomic E-state index is 5.32. The fourth-order valence-electron chi connectivity index (χ4n) is 7.90. The highest BCUT2D eigenvalue weighted by Gasteiger charge is 2.23. The molecule has 0 radical (unpaired) electrons. The fraction of sp³-hybridized carbons (Fsp3) is 0. The van der Waals surface area contributed by atoms with Crippen molar-refractivity contribution in [2.75, 3.05) is 0 Å². The lowest BCUT2D eigenvalue weighted by Crippen LogP contribution is -2.04. The Bertz CT molecular complexity index is 3040. The van der Waals surface area contributed by atoms with Crippen LogP contribution in [0.15, 0.2) is 152 Å². The van der Waals surface area contributed by atoms with Crippen LogP contribution in [0.3, 0.4) is 0 Å². The lowest BCUT2D eigenvalue weighted by molar-refractivity contribution is 1.01. The average Bonchev–Trinajstić information content (AvgIpc) is 3.64. The lowest BCUT2D eigenvalue weighted by Gasteiger charge is -2.12. The lowest BCUT2D eigenvalue weighted by atomic mass is 10.0. The van der Waals surface area contributed by atoms with Crippen LogP contribution < -0.4 is 0 Å². The van der Waals surface area contributed by atoms with Crippen molar-refractivity contribution >= 4 is 70.8 Å². The van der Waals surface area contributed by atoms with Gasteiger partial charge < -0.3 is 4.40 Å². The summed E-state index contributed by atoms with van der Waals surface area (Å²) >= 11 is 0. The van der Waals surface area contributed by atoms with Gasteiger partial charge in [-0.25, -0.2) is 9.97 Å². The van der Waals surface area contributed by atoms with E-state index in [0.717, 1.165) is 44.5 Å². The highest BCUT2D eigenvalue weighted by atomic mass is 15.2. The normalized spacial score (nSPS) is 12.2. The summed E-state index contributed by atoms with van der Waals surface area (Å²) < 4.78 is 4.69. The molecular weight excluding hydrogens is 587 g/mol. The first kappa shape index (κ1) is 25.6. The predicted molar refractivity (Wildman–Crippen MR) is 197 cm³/mol. The Morgan fingerprint density at radius 1 is 0.417 bits per heavy atom. The number of para-hydroxylation sites is 3. The number of benzene rings is 6. The maximum absolute atomic E-state index is 5.32. The quantitative estimate of drug-likeness (QED) is 0.200. The molecule has 0 atom stereocenters. The predicted octanol–water partition coefficient (Wildman–Crippen LogP) is 10.6. The van der Waals surface area contributed by atoms with Crippen LogP contribution in [-0.2, 0) is 0 Å². The monoisotopic (exact) mass is 611 g/mol. The largest absolute Gasteiger partial charge is 0.308 e. The molecule has 0 aliphatic heterocycles. The summed E-state index contributed by atoms with van der Waals surface area (Å²) in [6, 6.07) is 51.4. The average molecular weight is 612 g/mol. The van der Waals surface area contributed by atoms with Crippen LogP contribution in [0.4, 0.5) is 0 Å². The van der Waals surface area contributed by atoms with Gasteiger partial charge >= 0.3 is 0 Å². The number of nitrogens with zero attached hydrogens (tertiary/aromatic N) is 5. The van der Waals surface area contributed by atoms with Gasteiger partial charge in [0.25, 0.3) is 0 Å². The first-order valence-corrected chi connectivity index (χ1v) is 16.2. The standard InChI is InChI=1S/C43H25N5/c1-2-11-26(12-3-1)27-23-24-34(44-25-27)41-32-14-4-6-18-33(32)45-43(46-41)48-36-20-9-15-29-31-17-8-16-30-28-13-5-7-19-35(28)47(42(30)31)37-21-10-22-38(48)40(37)39(29)36/h1-25H. The number of fused-ring (bicyclic) bond motifs is 6. The van der Waals surface area contributed by atoms with E-state index >= 15 is 0 Å². The molecule has 5 heterocycles. The third-order valence-corrected chi connectivity index (χ3v) is 9.93. The zero-order valence-electron chi connectivity index (χ0n) is 25.7. The van der Waals surface area contributed by atoms with E-state index in [1.54, 1.807) is 0 Å². The van der Waals surface area contributed by atoms with Crippen molar-refractivity contribution in [1.82, 2.24) is 23.9 Å². The van der Waals surface area contributed by atoms with Gasteiger partial charge in [0.15, 0.2) is 0 Å². The van der Waals surface area contributed by atoms with Crippen LogP contribution in [0.25, 0.3) is 99.3 Å². The second-order valence-corrected chi connectivity index (χ2v) is 12.4. The molecule has 5 nitrogen and oxygen atoms in total. The van der Waals surface area contributed by atoms with Gasteiger partial charge in [-0.3, -0.25) is 9.55 Å². The van der Waals surface area contributed by atoms with Gasteiger partial charge in [0.2, 0.25) is 5.95 Å². The Balaban J connectivity index is 1.25. The van der Waals surface area contributed by atoms with E-state index < -0.39 is 0 Å². The van der Waals surface area contributed by atoms with Gasteiger partial charge in [0, 0.05) is 44.1 Å². The first-order valence-electron chi connectivity index (χ1n) is 16.2. The molecule has 0 saturated heterocycles. The Kier molecular flexibility index (Phi) is 5.05. The second kappa shape index (κ2) is 9.47. The molecule has 48 heavy (non-hydrogen) atoms. The van der Waals surface area contributed by atoms with Crippen molar-refractivity contribution in [3.05, 3.63) is 152 Å². The van der Waals surface area contributed by atoms with Gasteiger partial charge in [0.1, 0.15) is 5.69 Å². The summed E-state index contributed by atoms with van der Waals surface area (Å²) in [4.78, 5) is 15.5. The number of rotatable bonds is 3. The Labute approximate surface area is 274 Å². The van der Waals surface area contributed by atoms with Crippen LogP contribution in [0.1, 0.15) is 0 Å². The third kappa shape index (κ3) is 3.37. The highest BCUT2D eigenvalue weighted by molar-refractivity contribution is 6.31. The molecule has 6 aromatic carbocycles. The van der Waals surface area contributed by atoms with Crippen LogP contribution in [0.2, 0.25) is 0 Å². The van der Waals surface area contributed by atoms with Crippen LogP contribution >= 0.6 is 0 Å². The molecule has 0 saturated carbocycles. The second-order valence-electron chi connectivity index (χ2n) is 12.4. The Morgan fingerprint density at radius 2 is 1.06 bits per heavy atom. The molecule has 11 aromatic rings. The van der Waals surface area contributed by atoms with E-state index in [2.05, 4.69) is 136 Å². The van der Waals surface area contributed by atoms with Crippen LogP contribution in [0.5, 0.6) is 0 Å². The molecule has 0 bridgehead atoms. The molecule has 0 amide bonds. The van der Waals surface area contributed by atoms with E-state index in [1.165, 1.54) is 48.9 Å². The van der Waals surface area contributed by atoms with Crippen molar-refractivity contribution in [2.24, 2.45) is 0 Å². The molecule has 0 fully saturated rings. The van der Waals surface area contributed by atoms with E-state index in [1.807, 2.05) is 24.4 Å². The van der Waals surface area contributed by atoms with Crippen molar-refractivity contribution in [3.63, 3.8) is 0 Å². The molecule has 0 aliphatic rings. The van der Waals surface area contributed by atoms with Gasteiger partial charge in [-0.05, 0) is 47.3 Å². The van der Waals surface area contributed by atoms with E-state index in [-0.39, 0.29) is 0 Å². The van der Waals surface area contributed by atoms with E-state index in [4.69, 9.17) is 15.0 Å². The summed E-state index contributed by atoms with van der Waals surface area (Å²) in [5.41, 5.74) is 10.5. The first-order chi connectivity index (χ1) is 23.8. The number of hydrogen-bond donors (Lipinski definition) is 0. The molecule has 0 unspecified atom stereocenters. The zero-order valence-corrected chi connectivity index (χ0v) is 25.7. The Hall–Kier alpha value is -6.59. The van der Waals surface area contributed by atoms with E-state index in [0.29, 0.717) is 5.95 Å². The van der Waals surface area contributed by atoms with Crippen molar-refractivity contribution in [3.8, 4) is 28.5 Å². The minimum atomic E-state index is 0.628. The molecule has 0 N–H and O–H groups in total. The van der Waals surface area contributed by atoms with Gasteiger partial charge in [-0.15, -0.1) is 0 Å². The molecule has 0 spiro atoms. The van der Waals surface area contributed by atoms with E-state index in [9.17, 15) is 0 Å². The molecule has 0 aliphatic carbocycles. The summed E-state index contributed by atoms with van der Waals surface area (Å²) in [6.45, 7) is 0. The topological polar surface area (TPSA) is 48.0 Å². The van der Waals surface area contributed by atoms with Crippen molar-refractivity contribution in [2.45, 2.75) is 0 Å². The molecule has 11 rings (SSSR count). The van der Waals surface area contributed by atoms with Crippen molar-refractivity contribution in [1.29, 1.82) is 0 Å². The van der Waals surface area contributed by atoms with Gasteiger partial charge in [0.05, 0.1) is 38.8 Å². The summed E-state index contributed by atoms with van der Waals surface area (Å²) in [6.07, 6.45) is 1.94. The fourth-order valence-corrected chi connectivity index (χ4v) is 7.90. The van der Waals surface area contributed by atoms with Crippen LogP contribution in [-0.4, -0.2) is 23.9 Å². The van der Waals surface area contributed by atoms with Gasteiger partial charge in [-0.1, -0.05) is 109 Å². The maximum Gasteiger partial charge on any atom is 0.235 e. The Morgan fingerprint density at radius 3 is 1.92 bits per heavy atom. The SMILES string of the molecule is c1ccc(-c2ccc(-c3nc(-n4c5cccc6c7cccc8c9ccccc9n(c9cccc4c9c65)c78)nc4ccccc34)nc2)cc1. The van der Waals surface area contributed by atoms with Gasteiger partial charge in [-0.2, -0.15) is 0 Å². The zero-order chi connectivity index (χ0) is 31.3. The molecular formula is C43H25N5. The number of pyridine rings is 1. The number of hydrogen-bond acceptors (Lipinski definition) is 3. The summed E-state index contributed by atoms with van der Waals surface area (Å²) in [5, 5.41) is 8.36. The highest BCUT2D eigenvalue weighted by Crippen LogP contribution is 2.44. The minimum Gasteiger partial charge on any atom is -0.308 e. The summed E-state index contributed by atoms with van der Waals surface area (Å²) in [5.74, 6) is 0.628. The number of aromatic nitrogens is 5. The van der Waals surface area contributed by atoms with Crippen molar-refractivity contribution < 1.29 is 0 Å². The smallest absolute Gasteiger partial charge is 0.235 e. The molecule has 5 aromatic heterocycles. The third-order valence-electron chi connectivity index (χ3n) is 9.93. The molecule has 5 heteroatoms.